The minimum absolute atomic E-state index is 0.0541. The lowest BCUT2D eigenvalue weighted by molar-refractivity contribution is 0.0994. The van der Waals surface area contributed by atoms with E-state index in [9.17, 15) is 13.2 Å². The fraction of sp³-hybridized carbons (Fsp3) is 0.375. The third-order valence-corrected chi connectivity index (χ3v) is 3.27. The molecule has 0 bridgehead atoms. The number of anilines is 1. The third-order valence-electron chi connectivity index (χ3n) is 1.90. The summed E-state index contributed by atoms with van der Waals surface area (Å²) in [5.41, 5.74) is 5.04. The Morgan fingerprint density at radius 1 is 1.41 bits per heavy atom. The molecule has 1 aromatic heterocycles. The molecule has 0 atom stereocenters. The predicted molar refractivity (Wildman–Crippen MR) is 61.9 cm³/mol. The maximum atomic E-state index is 11.1. The number of nitrogens with two attached hydrogens (primary N) is 1. The summed E-state index contributed by atoms with van der Waals surface area (Å²) in [5, 5.41) is 9.99. The van der Waals surface area contributed by atoms with Crippen LogP contribution in [0.2, 0.25) is 0 Å². The summed E-state index contributed by atoms with van der Waals surface area (Å²) >= 11 is 0. The van der Waals surface area contributed by atoms with E-state index in [-0.39, 0.29) is 18.0 Å². The van der Waals surface area contributed by atoms with Gasteiger partial charge >= 0.3 is 0 Å². The number of primary amides is 1. The summed E-state index contributed by atoms with van der Waals surface area (Å²) in [6.45, 7) is 0.188. The first-order chi connectivity index (χ1) is 7.94. The molecular weight excluding hydrogens is 246 g/mol. The monoisotopic (exact) mass is 259 g/mol. The molecule has 1 rings (SSSR count). The van der Waals surface area contributed by atoms with Crippen LogP contribution >= 0.6 is 0 Å². The fourth-order valence-corrected chi connectivity index (χ4v) is 1.55. The highest BCUT2D eigenvalue weighted by Crippen LogP contribution is 2.00. The van der Waals surface area contributed by atoms with Crippen molar-refractivity contribution < 1.29 is 13.2 Å². The Balaban J connectivity index is 2.51. The van der Waals surface area contributed by atoms with E-state index in [0.29, 0.717) is 5.82 Å². The van der Waals surface area contributed by atoms with Gasteiger partial charge < -0.3 is 11.1 Å². The largest absolute Gasteiger partial charge is 0.368 e. The molecule has 0 aliphatic carbocycles. The zero-order chi connectivity index (χ0) is 12.9. The van der Waals surface area contributed by atoms with Gasteiger partial charge in [0.25, 0.3) is 5.91 Å². The Kier molecular flexibility index (Phi) is 4.35. The molecule has 0 spiro atoms. The summed E-state index contributed by atoms with van der Waals surface area (Å²) in [7, 11) is -1.90. The second-order valence-corrected chi connectivity index (χ2v) is 5.16. The molecule has 0 fully saturated rings. The minimum atomic E-state index is -3.25. The lowest BCUT2D eigenvalue weighted by atomic mass is 10.4. The van der Waals surface area contributed by atoms with Gasteiger partial charge in [-0.15, -0.1) is 10.2 Å². The van der Waals surface area contributed by atoms with Gasteiger partial charge in [0.05, 0.1) is 5.75 Å². The molecule has 0 radical (unpaired) electrons. The van der Waals surface area contributed by atoms with Gasteiger partial charge in [-0.3, -0.25) is 4.79 Å². The quantitative estimate of drug-likeness (QED) is 0.572. The van der Waals surface area contributed by atoms with Crippen LogP contribution in [-0.2, 0) is 10.0 Å². The first-order valence-corrected chi connectivity index (χ1v) is 6.38. The van der Waals surface area contributed by atoms with Crippen molar-refractivity contribution in [2.24, 2.45) is 5.73 Å². The van der Waals surface area contributed by atoms with Crippen LogP contribution < -0.4 is 15.8 Å². The van der Waals surface area contributed by atoms with Gasteiger partial charge in [-0.05, 0) is 19.2 Å². The molecule has 0 aromatic carbocycles. The van der Waals surface area contributed by atoms with Crippen molar-refractivity contribution >= 4 is 21.7 Å². The van der Waals surface area contributed by atoms with Crippen molar-refractivity contribution in [2.75, 3.05) is 24.7 Å². The number of carbonyl (C=O) groups is 1. The maximum Gasteiger partial charge on any atom is 0.269 e. The lowest BCUT2D eigenvalue weighted by Gasteiger charge is -2.05. The van der Waals surface area contributed by atoms with Crippen LogP contribution in [0.5, 0.6) is 0 Å². The Morgan fingerprint density at radius 2 is 2.12 bits per heavy atom. The van der Waals surface area contributed by atoms with E-state index < -0.39 is 15.9 Å². The van der Waals surface area contributed by atoms with E-state index in [4.69, 9.17) is 5.73 Å². The molecule has 1 aromatic rings. The van der Waals surface area contributed by atoms with Crippen molar-refractivity contribution in [1.29, 1.82) is 0 Å². The van der Waals surface area contributed by atoms with E-state index in [1.54, 1.807) is 0 Å². The van der Waals surface area contributed by atoms with Gasteiger partial charge in [0.1, 0.15) is 5.82 Å². The number of nitrogens with one attached hydrogen (secondary N) is 2. The Morgan fingerprint density at radius 3 is 2.59 bits per heavy atom. The number of hydrogen-bond acceptors (Lipinski definition) is 6. The highest BCUT2D eigenvalue weighted by atomic mass is 32.2. The molecule has 0 aliphatic rings. The number of carbonyl (C=O) groups excluding carboxylic acids is 1. The number of rotatable bonds is 6. The van der Waals surface area contributed by atoms with E-state index in [1.165, 1.54) is 19.2 Å². The number of sulfonamides is 1. The summed E-state index contributed by atoms with van der Waals surface area (Å²) in [5.74, 6) is -0.369. The molecule has 1 heterocycles. The van der Waals surface area contributed by atoms with Gasteiger partial charge in [0.15, 0.2) is 5.69 Å². The van der Waals surface area contributed by atoms with Crippen LogP contribution in [0, 0.1) is 0 Å². The molecule has 0 aliphatic heterocycles. The fourth-order valence-electron chi connectivity index (χ4n) is 0.973. The molecule has 1 amide bonds. The maximum absolute atomic E-state index is 11.1. The van der Waals surface area contributed by atoms with Crippen molar-refractivity contribution in [3.63, 3.8) is 0 Å². The molecule has 94 valence electrons. The van der Waals surface area contributed by atoms with Crippen LogP contribution in [0.3, 0.4) is 0 Å². The molecule has 0 saturated carbocycles. The van der Waals surface area contributed by atoms with E-state index in [1.807, 2.05) is 0 Å². The number of amides is 1. The molecule has 8 nitrogen and oxygen atoms in total. The van der Waals surface area contributed by atoms with Crippen molar-refractivity contribution in [2.45, 2.75) is 0 Å². The molecule has 0 saturated heterocycles. The molecule has 4 N–H and O–H groups in total. The molecule has 17 heavy (non-hydrogen) atoms. The number of aromatic nitrogens is 2. The minimum Gasteiger partial charge on any atom is -0.368 e. The zero-order valence-electron chi connectivity index (χ0n) is 9.17. The van der Waals surface area contributed by atoms with Crippen LogP contribution in [0.4, 0.5) is 5.82 Å². The number of nitrogens with zero attached hydrogens (tertiary/aromatic N) is 2. The van der Waals surface area contributed by atoms with E-state index >= 15 is 0 Å². The van der Waals surface area contributed by atoms with Crippen molar-refractivity contribution in [3.8, 4) is 0 Å². The molecule has 9 heteroatoms. The van der Waals surface area contributed by atoms with Gasteiger partial charge in [-0.1, -0.05) is 0 Å². The SMILES string of the molecule is CNS(=O)(=O)CCNc1ccc(C(N)=O)nn1. The highest BCUT2D eigenvalue weighted by molar-refractivity contribution is 7.89. The average Bonchev–Trinajstić information content (AvgIpc) is 2.29. The summed E-state index contributed by atoms with van der Waals surface area (Å²) in [4.78, 5) is 10.7. The summed E-state index contributed by atoms with van der Waals surface area (Å²) < 4.78 is 24.4. The zero-order valence-corrected chi connectivity index (χ0v) is 9.99. The van der Waals surface area contributed by atoms with Crippen LogP contribution in [0.25, 0.3) is 0 Å². The van der Waals surface area contributed by atoms with Gasteiger partial charge in [-0.25, -0.2) is 13.1 Å². The van der Waals surface area contributed by atoms with Crippen LogP contribution in [0.1, 0.15) is 10.5 Å². The predicted octanol–water partition coefficient (Wildman–Crippen LogP) is -1.46. The Hall–Kier alpha value is -1.74. The lowest BCUT2D eigenvalue weighted by Crippen LogP contribution is -2.26. The van der Waals surface area contributed by atoms with Gasteiger partial charge in [0, 0.05) is 6.54 Å². The van der Waals surface area contributed by atoms with Crippen LogP contribution in [0.15, 0.2) is 12.1 Å². The van der Waals surface area contributed by atoms with E-state index in [2.05, 4.69) is 20.2 Å². The second-order valence-electron chi connectivity index (χ2n) is 3.12. The first kappa shape index (κ1) is 13.3. The van der Waals surface area contributed by atoms with E-state index in [0.717, 1.165) is 0 Å². The number of hydrogen-bond donors (Lipinski definition) is 3. The average molecular weight is 259 g/mol. The smallest absolute Gasteiger partial charge is 0.269 e. The Bertz CT molecular complexity index is 484. The van der Waals surface area contributed by atoms with Crippen molar-refractivity contribution in [3.05, 3.63) is 17.8 Å². The molecular formula is C8H13N5O3S. The second kappa shape index (κ2) is 5.55. The molecule has 0 unspecified atom stereocenters. The third kappa shape index (κ3) is 4.33. The Labute approximate surface area is 98.7 Å². The summed E-state index contributed by atoms with van der Waals surface area (Å²) in [6, 6.07) is 2.91. The normalized spacial score (nSPS) is 11.1. The van der Waals surface area contributed by atoms with Gasteiger partial charge in [-0.2, -0.15) is 0 Å². The van der Waals surface area contributed by atoms with Crippen LogP contribution in [-0.4, -0.2) is 43.9 Å². The standard InChI is InChI=1S/C8H13N5O3S/c1-10-17(15,16)5-4-11-7-3-2-6(8(9)14)12-13-7/h2-3,10H,4-5H2,1H3,(H2,9,14)(H,11,13). The van der Waals surface area contributed by atoms with Crippen molar-refractivity contribution in [1.82, 2.24) is 14.9 Å². The first-order valence-electron chi connectivity index (χ1n) is 4.73. The highest BCUT2D eigenvalue weighted by Gasteiger charge is 2.07. The van der Waals surface area contributed by atoms with Gasteiger partial charge in [0.2, 0.25) is 10.0 Å². The topological polar surface area (TPSA) is 127 Å². The summed E-state index contributed by atoms with van der Waals surface area (Å²) in [6.07, 6.45) is 0.